The summed E-state index contributed by atoms with van der Waals surface area (Å²) >= 11 is 0. The van der Waals surface area contributed by atoms with Crippen molar-refractivity contribution in [3.63, 3.8) is 0 Å². The fourth-order valence-electron chi connectivity index (χ4n) is 2.83. The second-order valence-electron chi connectivity index (χ2n) is 4.25. The minimum Gasteiger partial charge on any atom is -0.241 e. The molecule has 2 fully saturated rings. The van der Waals surface area contributed by atoms with Crippen LogP contribution in [0.1, 0.15) is 32.6 Å². The summed E-state index contributed by atoms with van der Waals surface area (Å²) in [5.74, 6) is 2.99. The van der Waals surface area contributed by atoms with Gasteiger partial charge >= 0.3 is 0 Å². The normalized spacial score (nSPS) is 45.0. The van der Waals surface area contributed by atoms with Crippen LogP contribution >= 0.6 is 0 Å². The fraction of sp³-hybridized carbons (Fsp3) is 1.00. The molecule has 1 aliphatic carbocycles. The molecule has 1 nitrogen and oxygen atoms in total. The Labute approximate surface area is 69.6 Å². The third kappa shape index (κ3) is 1.44. The SMILES string of the molecule is CC1CCCC1C1CC[N]C1. The van der Waals surface area contributed by atoms with Gasteiger partial charge in [0.05, 0.1) is 0 Å². The molecule has 3 unspecified atom stereocenters. The van der Waals surface area contributed by atoms with Gasteiger partial charge in [-0.25, -0.2) is 5.32 Å². The van der Waals surface area contributed by atoms with Crippen LogP contribution in [0, 0.1) is 17.8 Å². The Hall–Kier alpha value is -0.0400. The Morgan fingerprint density at radius 2 is 2.09 bits per heavy atom. The minimum absolute atomic E-state index is 0.965. The van der Waals surface area contributed by atoms with Crippen molar-refractivity contribution < 1.29 is 0 Å². The molecule has 1 aliphatic heterocycles. The van der Waals surface area contributed by atoms with Crippen LogP contribution in [-0.2, 0) is 0 Å². The maximum atomic E-state index is 4.44. The Kier molecular flexibility index (Phi) is 2.17. The van der Waals surface area contributed by atoms with Crippen molar-refractivity contribution in [2.45, 2.75) is 32.6 Å². The van der Waals surface area contributed by atoms with Crippen LogP contribution < -0.4 is 5.32 Å². The van der Waals surface area contributed by atoms with Gasteiger partial charge in [0.2, 0.25) is 0 Å². The number of hydrogen-bond donors (Lipinski definition) is 0. The van der Waals surface area contributed by atoms with Gasteiger partial charge in [0, 0.05) is 13.1 Å². The van der Waals surface area contributed by atoms with Crippen molar-refractivity contribution >= 4 is 0 Å². The Balaban J connectivity index is 1.92. The highest BCUT2D eigenvalue weighted by Crippen LogP contribution is 2.38. The van der Waals surface area contributed by atoms with Crippen LogP contribution in [0.5, 0.6) is 0 Å². The fourth-order valence-corrected chi connectivity index (χ4v) is 2.83. The predicted molar refractivity (Wildman–Crippen MR) is 46.5 cm³/mol. The number of hydrogen-bond acceptors (Lipinski definition) is 0. The average Bonchev–Trinajstić information content (AvgIpc) is 2.55. The summed E-state index contributed by atoms with van der Waals surface area (Å²) in [7, 11) is 0. The van der Waals surface area contributed by atoms with Gasteiger partial charge in [0.1, 0.15) is 0 Å². The van der Waals surface area contributed by atoms with Crippen molar-refractivity contribution in [1.82, 2.24) is 5.32 Å². The van der Waals surface area contributed by atoms with E-state index in [9.17, 15) is 0 Å². The molecule has 1 heterocycles. The molecule has 2 aliphatic rings. The van der Waals surface area contributed by atoms with E-state index in [1.54, 1.807) is 0 Å². The molecule has 11 heavy (non-hydrogen) atoms. The average molecular weight is 152 g/mol. The molecule has 1 heteroatoms. The summed E-state index contributed by atoms with van der Waals surface area (Å²) in [5, 5.41) is 4.44. The summed E-state index contributed by atoms with van der Waals surface area (Å²) in [5.41, 5.74) is 0. The first-order valence-electron chi connectivity index (χ1n) is 5.01. The summed E-state index contributed by atoms with van der Waals surface area (Å²) < 4.78 is 0. The molecule has 0 aromatic heterocycles. The van der Waals surface area contributed by atoms with Crippen LogP contribution in [0.4, 0.5) is 0 Å². The van der Waals surface area contributed by atoms with Crippen LogP contribution in [-0.4, -0.2) is 13.1 Å². The van der Waals surface area contributed by atoms with Crippen LogP contribution in [0.15, 0.2) is 0 Å². The van der Waals surface area contributed by atoms with Crippen molar-refractivity contribution in [2.24, 2.45) is 17.8 Å². The largest absolute Gasteiger partial charge is 0.241 e. The van der Waals surface area contributed by atoms with Gasteiger partial charge in [-0.15, -0.1) is 0 Å². The zero-order valence-corrected chi connectivity index (χ0v) is 7.42. The maximum Gasteiger partial charge on any atom is 0.0164 e. The van der Waals surface area contributed by atoms with Crippen molar-refractivity contribution in [1.29, 1.82) is 0 Å². The molecule has 0 N–H and O–H groups in total. The van der Waals surface area contributed by atoms with Gasteiger partial charge in [-0.1, -0.05) is 19.8 Å². The van der Waals surface area contributed by atoms with Gasteiger partial charge in [-0.05, 0) is 30.6 Å². The van der Waals surface area contributed by atoms with Gasteiger partial charge in [0.25, 0.3) is 0 Å². The topological polar surface area (TPSA) is 14.1 Å². The Bertz CT molecular complexity index is 127. The van der Waals surface area contributed by atoms with Gasteiger partial charge < -0.3 is 0 Å². The predicted octanol–water partition coefficient (Wildman–Crippen LogP) is 2.05. The summed E-state index contributed by atoms with van der Waals surface area (Å²) in [4.78, 5) is 0. The monoisotopic (exact) mass is 152 g/mol. The number of nitrogens with zero attached hydrogens (tertiary/aromatic N) is 1. The second-order valence-corrected chi connectivity index (χ2v) is 4.25. The highest BCUT2D eigenvalue weighted by molar-refractivity contribution is 4.84. The lowest BCUT2D eigenvalue weighted by atomic mass is 9.84. The standard InChI is InChI=1S/C10H18N/c1-8-3-2-4-10(8)9-5-6-11-7-9/h8-10H,2-7H2,1H3. The van der Waals surface area contributed by atoms with Crippen LogP contribution in [0.2, 0.25) is 0 Å². The molecule has 63 valence electrons. The third-order valence-corrected chi connectivity index (χ3v) is 3.55. The van der Waals surface area contributed by atoms with E-state index >= 15 is 0 Å². The molecule has 1 radical (unpaired) electrons. The highest BCUT2D eigenvalue weighted by atomic mass is 14.9. The second kappa shape index (κ2) is 3.14. The van der Waals surface area contributed by atoms with E-state index in [-0.39, 0.29) is 0 Å². The lowest BCUT2D eigenvalue weighted by Crippen LogP contribution is -2.18. The highest BCUT2D eigenvalue weighted by Gasteiger charge is 2.32. The molecule has 0 aromatic rings. The molecular weight excluding hydrogens is 134 g/mol. The van der Waals surface area contributed by atoms with Crippen LogP contribution in [0.25, 0.3) is 0 Å². The van der Waals surface area contributed by atoms with Crippen molar-refractivity contribution in [2.75, 3.05) is 13.1 Å². The van der Waals surface area contributed by atoms with Gasteiger partial charge in [0.15, 0.2) is 0 Å². The zero-order chi connectivity index (χ0) is 7.68. The first-order chi connectivity index (χ1) is 5.38. The lowest BCUT2D eigenvalue weighted by molar-refractivity contribution is 0.293. The minimum atomic E-state index is 0.965. The summed E-state index contributed by atoms with van der Waals surface area (Å²) in [6.07, 6.45) is 5.82. The summed E-state index contributed by atoms with van der Waals surface area (Å²) in [6.45, 7) is 4.75. The molecule has 2 rings (SSSR count). The van der Waals surface area contributed by atoms with E-state index in [0.717, 1.165) is 24.3 Å². The molecule has 0 spiro atoms. The van der Waals surface area contributed by atoms with Gasteiger partial charge in [-0.2, -0.15) is 0 Å². The molecule has 0 amide bonds. The molecule has 1 saturated carbocycles. The third-order valence-electron chi connectivity index (χ3n) is 3.55. The van der Waals surface area contributed by atoms with Crippen molar-refractivity contribution in [3.05, 3.63) is 0 Å². The Morgan fingerprint density at radius 1 is 1.18 bits per heavy atom. The number of rotatable bonds is 1. The first-order valence-corrected chi connectivity index (χ1v) is 5.01. The lowest BCUT2D eigenvalue weighted by Gasteiger charge is -2.21. The quantitative estimate of drug-likeness (QED) is 0.546. The zero-order valence-electron chi connectivity index (χ0n) is 7.42. The summed E-state index contributed by atoms with van der Waals surface area (Å²) in [6, 6.07) is 0. The smallest absolute Gasteiger partial charge is 0.0164 e. The van der Waals surface area contributed by atoms with E-state index in [0.29, 0.717) is 0 Å². The first kappa shape index (κ1) is 7.60. The molecule has 0 aromatic carbocycles. The van der Waals surface area contributed by atoms with E-state index in [1.165, 1.54) is 32.2 Å². The van der Waals surface area contributed by atoms with E-state index < -0.39 is 0 Å². The molecule has 1 saturated heterocycles. The van der Waals surface area contributed by atoms with Crippen molar-refractivity contribution in [3.8, 4) is 0 Å². The Morgan fingerprint density at radius 3 is 2.64 bits per heavy atom. The van der Waals surface area contributed by atoms with Crippen LogP contribution in [0.3, 0.4) is 0 Å². The maximum absolute atomic E-state index is 4.44. The molecule has 0 bridgehead atoms. The van der Waals surface area contributed by atoms with Gasteiger partial charge in [-0.3, -0.25) is 0 Å². The molecule has 3 atom stereocenters. The van der Waals surface area contributed by atoms with E-state index in [2.05, 4.69) is 12.2 Å². The molecular formula is C10H18N. The van der Waals surface area contributed by atoms with E-state index in [1.807, 2.05) is 0 Å². The van der Waals surface area contributed by atoms with E-state index in [4.69, 9.17) is 0 Å².